The normalized spacial score (nSPS) is 17.8. The van der Waals surface area contributed by atoms with E-state index in [1.165, 1.54) is 35.0 Å². The number of ether oxygens (including phenoxy) is 1. The molecule has 9 rings (SSSR count). The van der Waals surface area contributed by atoms with Crippen LogP contribution in [0.5, 0.6) is 0 Å². The van der Waals surface area contributed by atoms with Crippen LogP contribution in [0.25, 0.3) is 33.3 Å². The maximum atomic E-state index is 15.3. The van der Waals surface area contributed by atoms with E-state index in [2.05, 4.69) is 55.8 Å². The zero-order chi connectivity index (χ0) is 46.4. The van der Waals surface area contributed by atoms with E-state index in [1.807, 2.05) is 18.2 Å². The molecule has 0 unspecified atom stereocenters. The lowest BCUT2D eigenvalue weighted by molar-refractivity contribution is -0.384. The third kappa shape index (κ3) is 9.43. The van der Waals surface area contributed by atoms with Crippen molar-refractivity contribution < 1.29 is 27.3 Å². The molecule has 0 spiro atoms. The largest absolute Gasteiger partial charge is 0.381 e. The second-order valence-electron chi connectivity index (χ2n) is 18.2. The minimum absolute atomic E-state index is 0.0422. The summed E-state index contributed by atoms with van der Waals surface area (Å²) in [7, 11) is -4.70. The van der Waals surface area contributed by atoms with Gasteiger partial charge in [-0.25, -0.2) is 22.5 Å². The highest BCUT2D eigenvalue weighted by atomic mass is 35.5. The average molecular weight is 937 g/mol. The molecule has 3 aromatic carbocycles. The first kappa shape index (κ1) is 45.0. The predicted octanol–water partition coefficient (Wildman–Crippen LogP) is 8.26. The summed E-state index contributed by atoms with van der Waals surface area (Å²) in [4.78, 5) is 50.7. The van der Waals surface area contributed by atoms with Gasteiger partial charge in [-0.05, 0) is 90.4 Å². The molecule has 1 aliphatic carbocycles. The predicted molar refractivity (Wildman–Crippen MR) is 254 cm³/mol. The van der Waals surface area contributed by atoms with Crippen molar-refractivity contribution in [1.29, 1.82) is 0 Å². The fraction of sp³-hybridized carbons (Fsp3) is 0.354. The molecule has 0 saturated carbocycles. The molecular weight excluding hydrogens is 887 g/mol. The lowest BCUT2D eigenvalue weighted by Gasteiger charge is -2.39. The number of fused-ring (bicyclic) bond motifs is 2. The topological polar surface area (TPSA) is 185 Å². The van der Waals surface area contributed by atoms with Crippen molar-refractivity contribution in [2.45, 2.75) is 56.5 Å². The summed E-state index contributed by atoms with van der Waals surface area (Å²) in [6, 6.07) is 21.3. The van der Waals surface area contributed by atoms with E-state index in [-0.39, 0.29) is 65.9 Å². The third-order valence-corrected chi connectivity index (χ3v) is 14.7. The number of carbonyl (C=O) groups excluding carboxylic acids is 1. The van der Waals surface area contributed by atoms with Crippen LogP contribution in [0, 0.1) is 15.5 Å². The Morgan fingerprint density at radius 2 is 1.74 bits per heavy atom. The van der Waals surface area contributed by atoms with E-state index in [1.54, 1.807) is 35.0 Å². The Morgan fingerprint density at radius 3 is 2.48 bits per heavy atom. The van der Waals surface area contributed by atoms with Gasteiger partial charge in [0.05, 0.1) is 26.6 Å². The molecule has 66 heavy (non-hydrogen) atoms. The number of benzene rings is 3. The molecule has 5 heterocycles. The Kier molecular flexibility index (Phi) is 12.2. The maximum absolute atomic E-state index is 15.3. The summed E-state index contributed by atoms with van der Waals surface area (Å²) in [5.41, 5.74) is 3.62. The number of nitro groups is 1. The van der Waals surface area contributed by atoms with Gasteiger partial charge in [0.2, 0.25) is 5.43 Å². The number of sulfonamides is 1. The molecule has 18 heteroatoms. The first-order valence-corrected chi connectivity index (χ1v) is 23.9. The van der Waals surface area contributed by atoms with Crippen molar-refractivity contribution in [3.63, 3.8) is 0 Å². The Balaban J connectivity index is 1.01. The number of nitrogens with one attached hydrogen (secondary N) is 3. The van der Waals surface area contributed by atoms with Crippen molar-refractivity contribution >= 4 is 72.2 Å². The van der Waals surface area contributed by atoms with Crippen molar-refractivity contribution in [2.24, 2.45) is 5.41 Å². The van der Waals surface area contributed by atoms with Crippen LogP contribution >= 0.6 is 11.6 Å². The van der Waals surface area contributed by atoms with Crippen molar-refractivity contribution in [3.05, 3.63) is 133 Å². The fourth-order valence-electron chi connectivity index (χ4n) is 9.24. The van der Waals surface area contributed by atoms with Gasteiger partial charge in [-0.1, -0.05) is 43.2 Å². The van der Waals surface area contributed by atoms with Crippen molar-refractivity contribution in [1.82, 2.24) is 24.2 Å². The molecule has 6 aromatic rings. The Morgan fingerprint density at radius 1 is 0.985 bits per heavy atom. The number of halogens is 2. The number of allylic oxidation sites excluding steroid dienone is 1. The van der Waals surface area contributed by atoms with Crippen LogP contribution < -0.4 is 20.4 Å². The number of hydrogen-bond donors (Lipinski definition) is 3. The van der Waals surface area contributed by atoms with E-state index < -0.39 is 37.1 Å². The van der Waals surface area contributed by atoms with Crippen LogP contribution in [-0.2, 0) is 14.8 Å². The summed E-state index contributed by atoms with van der Waals surface area (Å²) in [6.07, 6.45) is 6.56. The molecule has 2 fully saturated rings. The summed E-state index contributed by atoms with van der Waals surface area (Å²) < 4.78 is 52.1. The van der Waals surface area contributed by atoms with Crippen LogP contribution in [0.3, 0.4) is 0 Å². The zero-order valence-electron chi connectivity index (χ0n) is 36.6. The minimum atomic E-state index is -4.70. The second-order valence-corrected chi connectivity index (χ2v) is 20.3. The molecule has 0 radical (unpaired) electrons. The molecule has 3 aliphatic rings. The number of H-pyrrole nitrogens is 1. The highest BCUT2D eigenvalue weighted by Gasteiger charge is 2.34. The summed E-state index contributed by atoms with van der Waals surface area (Å²) >= 11 is 6.25. The Bertz CT molecular complexity index is 3070. The van der Waals surface area contributed by atoms with Gasteiger partial charge in [-0.15, -0.1) is 0 Å². The summed E-state index contributed by atoms with van der Waals surface area (Å²) in [5, 5.41) is 16.4. The van der Waals surface area contributed by atoms with Crippen LogP contribution in [0.15, 0.2) is 107 Å². The quantitative estimate of drug-likeness (QED) is 0.0793. The first-order chi connectivity index (χ1) is 31.5. The van der Waals surface area contributed by atoms with Gasteiger partial charge in [-0.2, -0.15) is 0 Å². The van der Waals surface area contributed by atoms with E-state index in [0.29, 0.717) is 34.7 Å². The van der Waals surface area contributed by atoms with E-state index >= 15 is 4.39 Å². The van der Waals surface area contributed by atoms with Gasteiger partial charge in [0.15, 0.2) is 0 Å². The molecule has 1 amide bonds. The molecule has 3 N–H and O–H groups in total. The molecule has 0 bridgehead atoms. The fourth-order valence-corrected chi connectivity index (χ4v) is 10.3. The lowest BCUT2D eigenvalue weighted by atomic mass is 9.72. The number of amides is 1. The number of rotatable bonds is 12. The molecular formula is C48H50ClFN8O7S. The van der Waals surface area contributed by atoms with Gasteiger partial charge < -0.3 is 24.5 Å². The van der Waals surface area contributed by atoms with Crippen molar-refractivity contribution in [3.8, 4) is 5.69 Å². The molecule has 15 nitrogen and oxygen atoms in total. The van der Waals surface area contributed by atoms with Gasteiger partial charge in [-0.3, -0.25) is 24.6 Å². The average Bonchev–Trinajstić information content (AvgIpc) is 3.77. The van der Waals surface area contributed by atoms with Crippen LogP contribution in [0.4, 0.5) is 21.5 Å². The van der Waals surface area contributed by atoms with Gasteiger partial charge in [0.1, 0.15) is 22.5 Å². The number of hydrogen-bond acceptors (Lipinski definition) is 11. The number of pyridine rings is 2. The third-order valence-electron chi connectivity index (χ3n) is 13.1. The highest BCUT2D eigenvalue weighted by Crippen LogP contribution is 2.43. The number of aromatic amines is 1. The molecule has 0 atom stereocenters. The highest BCUT2D eigenvalue weighted by molar-refractivity contribution is 7.90. The Labute approximate surface area is 385 Å². The second kappa shape index (κ2) is 17.9. The molecule has 2 saturated heterocycles. The Hall–Kier alpha value is -6.14. The minimum Gasteiger partial charge on any atom is -0.381 e. The van der Waals surface area contributed by atoms with E-state index in [9.17, 15) is 28.1 Å². The molecule has 2 aliphatic heterocycles. The first-order valence-electron chi connectivity index (χ1n) is 22.0. The van der Waals surface area contributed by atoms with E-state index in [4.69, 9.17) is 16.3 Å². The van der Waals surface area contributed by atoms with Gasteiger partial charge in [0, 0.05) is 106 Å². The molecule has 3 aromatic heterocycles. The number of anilines is 2. The standard InChI is InChI=1S/C48H50ClFN8O7S/c1-47(2)14-11-33(38(28-47)31-3-5-34(49)6-4-31)29-55-19-21-56(22-20-55)35-7-9-37(40(26-35)57-18-13-43(59)44-42(57)25-32-12-17-51-45(32)53-44)46(60)54-66(63,64)36-8-10-39(41(27-36)58(61)62)52-30-48(50)15-23-65-24-16-48/h3-10,12-13,17-18,25-27,52H,11,14-16,19-24,28-30H2,1-2H3,(H,51,53)(H,54,60). The van der Waals surface area contributed by atoms with Crippen LogP contribution in [0.2, 0.25) is 5.02 Å². The molecule has 344 valence electrons. The van der Waals surface area contributed by atoms with E-state index in [0.717, 1.165) is 56.7 Å². The summed E-state index contributed by atoms with van der Waals surface area (Å²) in [5.74, 6) is -1.01. The number of alkyl halides is 1. The number of nitrogens with zero attached hydrogens (tertiary/aromatic N) is 5. The monoisotopic (exact) mass is 936 g/mol. The number of nitro benzene ring substituents is 1. The zero-order valence-corrected chi connectivity index (χ0v) is 38.2. The van der Waals surface area contributed by atoms with Gasteiger partial charge >= 0.3 is 0 Å². The SMILES string of the molecule is CC1(C)CCC(CN2CCN(c3ccc(C(=O)NS(=O)(=O)c4ccc(NCC5(F)CCOCC5)c([N+](=O)[O-])c4)c(-n4ccc(=O)c5nc6[nH]ccc6cc54)c3)CC2)=C(c2ccc(Cl)cc2)C1. The summed E-state index contributed by atoms with van der Waals surface area (Å²) in [6.45, 7) is 8.59. The van der Waals surface area contributed by atoms with Crippen molar-refractivity contribution in [2.75, 3.05) is 62.7 Å². The van der Waals surface area contributed by atoms with Gasteiger partial charge in [0.25, 0.3) is 21.6 Å². The van der Waals surface area contributed by atoms with Crippen LogP contribution in [0.1, 0.15) is 61.9 Å². The van der Waals surface area contributed by atoms with Crippen LogP contribution in [-0.4, -0.2) is 96.8 Å². The lowest BCUT2D eigenvalue weighted by Crippen LogP contribution is -2.47. The number of aromatic nitrogens is 3. The smallest absolute Gasteiger partial charge is 0.293 e. The maximum Gasteiger partial charge on any atom is 0.293 e. The number of piperazine rings is 1. The number of carbonyl (C=O) groups is 1.